The van der Waals surface area contributed by atoms with E-state index in [1.54, 1.807) is 12.1 Å². The summed E-state index contributed by atoms with van der Waals surface area (Å²) >= 11 is 0. The van der Waals surface area contributed by atoms with Gasteiger partial charge < -0.3 is 64.8 Å². The van der Waals surface area contributed by atoms with Gasteiger partial charge in [0.15, 0.2) is 18.1 Å². The molecule has 73 heavy (non-hydrogen) atoms. The number of hydroxylamine groups is 2. The number of primary amides is 1. The van der Waals surface area contributed by atoms with Crippen molar-refractivity contribution in [3.05, 3.63) is 46.0 Å². The highest BCUT2D eigenvalue weighted by atomic mass is 33.1. The quantitative estimate of drug-likeness (QED) is 0.0236. The Balaban J connectivity index is 1.34. The van der Waals surface area contributed by atoms with Crippen LogP contribution in [0.2, 0.25) is 0 Å². The second kappa shape index (κ2) is 31.8. The van der Waals surface area contributed by atoms with E-state index < -0.39 is 84.3 Å². The van der Waals surface area contributed by atoms with Crippen LogP contribution in [-0.2, 0) is 59.3 Å². The fraction of sp³-hybridized carbons (Fsp3) is 0.600. The summed E-state index contributed by atoms with van der Waals surface area (Å²) in [6.45, 7) is 3.07. The zero-order valence-corrected chi connectivity index (χ0v) is 43.4. The van der Waals surface area contributed by atoms with E-state index in [0.717, 1.165) is 37.2 Å². The van der Waals surface area contributed by atoms with E-state index in [4.69, 9.17) is 28.9 Å². The van der Waals surface area contributed by atoms with Gasteiger partial charge in [-0.25, -0.2) is 19.4 Å². The Hall–Kier alpha value is -6.52. The van der Waals surface area contributed by atoms with Crippen molar-refractivity contribution in [1.29, 1.82) is 0 Å². The highest BCUT2D eigenvalue weighted by Gasteiger charge is 2.34. The Morgan fingerprint density at radius 3 is 2.25 bits per heavy atom. The molecule has 404 valence electrons. The summed E-state index contributed by atoms with van der Waals surface area (Å²) in [6.07, 6.45) is 3.69. The molecule has 26 nitrogen and oxygen atoms in total. The normalized spacial score (nSPS) is 13.1. The first kappa shape index (κ1) is 60.8. The number of nitrogens with one attached hydrogen (secondary N) is 5. The summed E-state index contributed by atoms with van der Waals surface area (Å²) in [5.74, 6) is -5.91. The average molecular weight is 1070 g/mol. The van der Waals surface area contributed by atoms with E-state index in [2.05, 4.69) is 52.7 Å². The Bertz CT molecular complexity index is 2250. The molecule has 0 unspecified atom stereocenters. The third-order valence-electron chi connectivity index (χ3n) is 10.4. The Morgan fingerprint density at radius 2 is 1.60 bits per heavy atom. The van der Waals surface area contributed by atoms with Crippen molar-refractivity contribution < 1.29 is 75.6 Å². The van der Waals surface area contributed by atoms with E-state index in [1.807, 2.05) is 0 Å². The molecular formula is C45H67N10O16S2+. The summed E-state index contributed by atoms with van der Waals surface area (Å²) in [7, 11) is 9.16. The fourth-order valence-electron chi connectivity index (χ4n) is 6.54. The van der Waals surface area contributed by atoms with Crippen LogP contribution in [0.1, 0.15) is 93.0 Å². The number of hydrogen-bond acceptors (Lipinski definition) is 19. The number of aromatic nitrogens is 1. The molecule has 0 aromatic carbocycles. The number of unbranched alkanes of at least 4 members (excludes halogenated alkanes) is 3. The highest BCUT2D eigenvalue weighted by Crippen LogP contribution is 2.30. The Kier molecular flexibility index (Phi) is 26.5. The largest absolute Gasteiger partial charge is 0.519 e. The molecule has 0 spiro atoms. The topological polar surface area (TPSA) is 347 Å². The molecule has 2 aromatic rings. The molecule has 0 bridgehead atoms. The number of aryl methyl sites for hydroxylation is 1. The zero-order valence-electron chi connectivity index (χ0n) is 41.7. The second-order valence-corrected chi connectivity index (χ2v) is 20.0. The summed E-state index contributed by atoms with van der Waals surface area (Å²) in [5.41, 5.74) is 5.75. The summed E-state index contributed by atoms with van der Waals surface area (Å²) in [4.78, 5) is 145. The van der Waals surface area contributed by atoms with Gasteiger partial charge in [-0.15, -0.1) is 5.06 Å². The number of nitrogens with zero attached hydrogens (tertiary/aromatic N) is 4. The van der Waals surface area contributed by atoms with E-state index in [0.29, 0.717) is 40.7 Å². The minimum absolute atomic E-state index is 0.00503. The Morgan fingerprint density at radius 1 is 0.863 bits per heavy atom. The van der Waals surface area contributed by atoms with Gasteiger partial charge in [0.05, 0.1) is 46.3 Å². The zero-order chi connectivity index (χ0) is 53.9. The van der Waals surface area contributed by atoms with Gasteiger partial charge in [-0.2, -0.15) is 0 Å². The maximum atomic E-state index is 13.1. The van der Waals surface area contributed by atoms with Gasteiger partial charge in [-0.05, 0) is 62.0 Å². The van der Waals surface area contributed by atoms with E-state index in [1.165, 1.54) is 39.6 Å². The van der Waals surface area contributed by atoms with Crippen molar-refractivity contribution in [2.75, 3.05) is 79.4 Å². The molecule has 0 saturated carbocycles. The van der Waals surface area contributed by atoms with Crippen LogP contribution >= 0.6 is 21.6 Å². The van der Waals surface area contributed by atoms with Gasteiger partial charge >= 0.3 is 17.9 Å². The standard InChI is InChI=1S/C45H66N10O16S2/c1-29-34(70-45(66)69-29)27-68-44(65)53(21-18-49-43(64)33(51-30(2)56)25-40(61)71-54-38(59)14-15-39(54)60)20-8-6-10-24-72-73-37-13-12-31(26-50-37)42(63)48-17-16-35(57)47-19-23-67-28-36(58)52-32(41(46)62)11-7-9-22-55(3,4)5/h12-13,26,32-33H,6-11,14-25,27-28H2,1-5H3,(H6-,46,47,48,49,51,52,56,57,58,62,63,64)/p+1/t32-,33-/m0/s1. The summed E-state index contributed by atoms with van der Waals surface area (Å²) in [6, 6.07) is 1.10. The molecule has 2 atom stereocenters. The first-order valence-electron chi connectivity index (χ1n) is 23.5. The highest BCUT2D eigenvalue weighted by molar-refractivity contribution is 8.76. The molecule has 2 aromatic heterocycles. The predicted molar refractivity (Wildman–Crippen MR) is 261 cm³/mol. The molecular weight excluding hydrogens is 1000 g/mol. The number of carbonyl (C=O) groups excluding carboxylic acids is 10. The number of ether oxygens (including phenoxy) is 2. The van der Waals surface area contributed by atoms with E-state index in [9.17, 15) is 52.7 Å². The van der Waals surface area contributed by atoms with Gasteiger partial charge in [-0.3, -0.25) is 38.4 Å². The molecule has 7 N–H and O–H groups in total. The van der Waals surface area contributed by atoms with Gasteiger partial charge in [-0.1, -0.05) is 17.2 Å². The molecule has 0 aliphatic carbocycles. The van der Waals surface area contributed by atoms with Crippen LogP contribution in [0.4, 0.5) is 4.79 Å². The van der Waals surface area contributed by atoms with Crippen LogP contribution in [0.3, 0.4) is 0 Å². The number of carbonyl (C=O) groups is 10. The molecule has 0 radical (unpaired) electrons. The third kappa shape index (κ3) is 24.6. The van der Waals surface area contributed by atoms with E-state index in [-0.39, 0.29) is 82.6 Å². The van der Waals surface area contributed by atoms with Crippen molar-refractivity contribution >= 4 is 80.9 Å². The number of rotatable bonds is 34. The van der Waals surface area contributed by atoms with Crippen molar-refractivity contribution in [3.63, 3.8) is 0 Å². The van der Waals surface area contributed by atoms with Crippen LogP contribution in [0.25, 0.3) is 0 Å². The van der Waals surface area contributed by atoms with E-state index >= 15 is 0 Å². The van der Waals surface area contributed by atoms with Gasteiger partial charge in [0.2, 0.25) is 29.5 Å². The average Bonchev–Trinajstić information content (AvgIpc) is 3.82. The Labute approximate surface area is 429 Å². The molecule has 9 amide bonds. The number of quaternary nitrogens is 1. The lowest BCUT2D eigenvalue weighted by Crippen LogP contribution is -2.49. The van der Waals surface area contributed by atoms with Crippen LogP contribution in [0, 0.1) is 6.92 Å². The van der Waals surface area contributed by atoms with Crippen molar-refractivity contribution in [1.82, 2.24) is 41.5 Å². The van der Waals surface area contributed by atoms with Crippen LogP contribution in [-0.4, -0.2) is 170 Å². The minimum Gasteiger partial charge on any atom is -0.441 e. The molecule has 1 fully saturated rings. The lowest BCUT2D eigenvalue weighted by molar-refractivity contribution is -0.870. The summed E-state index contributed by atoms with van der Waals surface area (Å²) < 4.78 is 21.2. The lowest BCUT2D eigenvalue weighted by atomic mass is 10.1. The second-order valence-electron chi connectivity index (χ2n) is 17.6. The van der Waals surface area contributed by atoms with Crippen LogP contribution < -0.4 is 38.1 Å². The van der Waals surface area contributed by atoms with Crippen molar-refractivity contribution in [2.45, 2.75) is 102 Å². The number of pyridine rings is 1. The molecule has 1 aliphatic heterocycles. The van der Waals surface area contributed by atoms with Crippen molar-refractivity contribution in [3.8, 4) is 0 Å². The number of hydrogen-bond donors (Lipinski definition) is 6. The fourth-order valence-corrected chi connectivity index (χ4v) is 8.55. The van der Waals surface area contributed by atoms with Crippen LogP contribution in [0.15, 0.2) is 37.0 Å². The van der Waals surface area contributed by atoms with Crippen molar-refractivity contribution in [2.24, 2.45) is 5.73 Å². The molecule has 1 aliphatic rings. The first-order valence-corrected chi connectivity index (χ1v) is 25.8. The predicted octanol–water partition coefficient (Wildman–Crippen LogP) is 0.203. The third-order valence-corrected chi connectivity index (χ3v) is 12.7. The van der Waals surface area contributed by atoms with Gasteiger partial charge in [0.1, 0.15) is 23.7 Å². The number of nitrogens with two attached hydrogens (primary N) is 1. The molecule has 3 rings (SSSR count). The minimum atomic E-state index is -1.43. The number of imide groups is 1. The molecule has 1 saturated heterocycles. The maximum Gasteiger partial charge on any atom is 0.519 e. The first-order chi connectivity index (χ1) is 34.6. The maximum absolute atomic E-state index is 13.1. The van der Waals surface area contributed by atoms with Gasteiger partial charge in [0.25, 0.3) is 17.7 Å². The number of amides is 9. The smallest absolute Gasteiger partial charge is 0.441 e. The lowest BCUT2D eigenvalue weighted by Gasteiger charge is -2.24. The monoisotopic (exact) mass is 1070 g/mol. The van der Waals surface area contributed by atoms with Crippen LogP contribution in [0.5, 0.6) is 0 Å². The molecule has 28 heteroatoms. The molecule has 3 heterocycles. The van der Waals surface area contributed by atoms with Gasteiger partial charge in [0, 0.05) is 70.9 Å². The summed E-state index contributed by atoms with van der Waals surface area (Å²) in [5, 5.41) is 13.8. The SMILES string of the molecule is CC(=O)N[C@@H](CC(=O)ON1C(=O)CCC1=O)C(=O)NCCN(CCCCCSSc1ccc(C(=O)NCCC(=O)NCCOCC(=O)N[C@@H](CCCC[N+](C)(C)C)C(N)=O)cn1)C(=O)OCc1oc(=O)oc1C.